The summed E-state index contributed by atoms with van der Waals surface area (Å²) in [7, 11) is 0. The average Bonchev–Trinajstić information content (AvgIpc) is 2.82. The maximum atomic E-state index is 5.28. The number of hydrogen-bond acceptors (Lipinski definition) is 6. The number of thioether (sulfide) groups is 1. The van der Waals surface area contributed by atoms with E-state index in [9.17, 15) is 0 Å². The van der Waals surface area contributed by atoms with Gasteiger partial charge in [0.2, 0.25) is 0 Å². The van der Waals surface area contributed by atoms with E-state index in [1.54, 1.807) is 11.3 Å². The molecular formula is C9H11N3OS3. The maximum absolute atomic E-state index is 5.28. The Morgan fingerprint density at radius 3 is 3.00 bits per heavy atom. The summed E-state index contributed by atoms with van der Waals surface area (Å²) in [6, 6.07) is 0. The van der Waals surface area contributed by atoms with Gasteiger partial charge in [0.05, 0.1) is 5.69 Å². The highest BCUT2D eigenvalue weighted by Gasteiger charge is 2.13. The van der Waals surface area contributed by atoms with Crippen molar-refractivity contribution >= 4 is 35.3 Å². The van der Waals surface area contributed by atoms with Gasteiger partial charge < -0.3 is 4.42 Å². The van der Waals surface area contributed by atoms with E-state index in [0.717, 1.165) is 27.1 Å². The molecule has 0 amide bonds. The fraction of sp³-hybridized carbons (Fsp3) is 0.444. The molecule has 16 heavy (non-hydrogen) atoms. The van der Waals surface area contributed by atoms with Crippen molar-refractivity contribution in [3.63, 3.8) is 0 Å². The fourth-order valence-electron chi connectivity index (χ4n) is 1.23. The van der Waals surface area contributed by atoms with E-state index in [1.807, 2.05) is 18.7 Å². The van der Waals surface area contributed by atoms with Crippen LogP contribution in [0.3, 0.4) is 0 Å². The molecule has 0 bridgehead atoms. The van der Waals surface area contributed by atoms with Gasteiger partial charge in [0.25, 0.3) is 10.7 Å². The minimum atomic E-state index is 0.298. The number of aromatic nitrogens is 3. The van der Waals surface area contributed by atoms with Crippen LogP contribution in [0.4, 0.5) is 0 Å². The second kappa shape index (κ2) is 5.11. The van der Waals surface area contributed by atoms with Crippen LogP contribution in [0, 0.1) is 11.8 Å². The van der Waals surface area contributed by atoms with Crippen molar-refractivity contribution in [2.24, 2.45) is 0 Å². The first-order valence-corrected chi connectivity index (χ1v) is 7.18. The highest BCUT2D eigenvalue weighted by Crippen LogP contribution is 2.30. The monoisotopic (exact) mass is 273 g/mol. The number of H-pyrrole nitrogens is 1. The highest BCUT2D eigenvalue weighted by atomic mass is 32.2. The summed E-state index contributed by atoms with van der Waals surface area (Å²) in [6.07, 6.45) is 0. The molecule has 0 aliphatic rings. The highest BCUT2D eigenvalue weighted by molar-refractivity contribution is 7.98. The van der Waals surface area contributed by atoms with Crippen LogP contribution >= 0.6 is 35.3 Å². The third kappa shape index (κ3) is 2.53. The molecule has 0 spiro atoms. The fourth-order valence-corrected chi connectivity index (χ4v) is 3.07. The normalized spacial score (nSPS) is 10.9. The minimum Gasteiger partial charge on any atom is -0.408 e. The molecule has 0 fully saturated rings. The average molecular weight is 273 g/mol. The van der Waals surface area contributed by atoms with Crippen molar-refractivity contribution < 1.29 is 4.42 Å². The van der Waals surface area contributed by atoms with E-state index in [0.29, 0.717) is 10.7 Å². The van der Waals surface area contributed by atoms with Gasteiger partial charge in [-0.2, -0.15) is 11.8 Å². The van der Waals surface area contributed by atoms with Crippen molar-refractivity contribution in [1.82, 2.24) is 15.2 Å². The molecule has 0 atom stereocenters. The number of aromatic amines is 1. The molecular weight excluding hydrogens is 262 g/mol. The summed E-state index contributed by atoms with van der Waals surface area (Å²) in [4.78, 5) is 5.74. The molecule has 0 aliphatic heterocycles. The number of hydrogen-bond donors (Lipinski definition) is 1. The lowest BCUT2D eigenvalue weighted by Gasteiger charge is -1.90. The molecule has 0 aromatic carbocycles. The van der Waals surface area contributed by atoms with Crippen LogP contribution in [0.25, 0.3) is 10.8 Å². The van der Waals surface area contributed by atoms with Crippen molar-refractivity contribution in [3.05, 3.63) is 15.5 Å². The second-order valence-electron chi connectivity index (χ2n) is 3.08. The molecule has 2 aromatic heterocycles. The Hall–Kier alpha value is -0.660. The molecule has 0 saturated heterocycles. The van der Waals surface area contributed by atoms with E-state index in [1.165, 1.54) is 0 Å². The van der Waals surface area contributed by atoms with Gasteiger partial charge in [-0.25, -0.2) is 10.1 Å². The zero-order chi connectivity index (χ0) is 11.5. The van der Waals surface area contributed by atoms with Gasteiger partial charge in [0.1, 0.15) is 9.88 Å². The van der Waals surface area contributed by atoms with Gasteiger partial charge in [-0.05, 0) is 24.9 Å². The second-order valence-corrected chi connectivity index (χ2v) is 5.81. The summed E-state index contributed by atoms with van der Waals surface area (Å²) in [5, 5.41) is 7.73. The third-order valence-electron chi connectivity index (χ3n) is 1.90. The lowest BCUT2D eigenvalue weighted by molar-refractivity contribution is 0.553. The summed E-state index contributed by atoms with van der Waals surface area (Å²) < 4.78 is 5.28. The number of nitrogens with zero attached hydrogens (tertiary/aromatic N) is 2. The number of aryl methyl sites for hydroxylation is 1. The Balaban J connectivity index is 2.28. The van der Waals surface area contributed by atoms with Gasteiger partial charge in [-0.15, -0.1) is 16.4 Å². The first-order valence-electron chi connectivity index (χ1n) is 4.80. The van der Waals surface area contributed by atoms with Crippen molar-refractivity contribution in [1.29, 1.82) is 0 Å². The van der Waals surface area contributed by atoms with E-state index in [-0.39, 0.29) is 0 Å². The SMILES string of the molecule is CCSCc1nc(C)c(-c2n[nH]c(=S)o2)s1. The van der Waals surface area contributed by atoms with E-state index < -0.39 is 0 Å². The number of nitrogens with one attached hydrogen (secondary N) is 1. The van der Waals surface area contributed by atoms with Crippen LogP contribution in [0.15, 0.2) is 4.42 Å². The number of thiazole rings is 1. The maximum Gasteiger partial charge on any atom is 0.284 e. The largest absolute Gasteiger partial charge is 0.408 e. The predicted molar refractivity (Wildman–Crippen MR) is 69.4 cm³/mol. The summed E-state index contributed by atoms with van der Waals surface area (Å²) in [5.74, 6) is 2.57. The van der Waals surface area contributed by atoms with Crippen LogP contribution < -0.4 is 0 Å². The predicted octanol–water partition coefficient (Wildman–Crippen LogP) is 3.42. The Labute approximate surface area is 106 Å². The molecule has 2 aromatic rings. The molecule has 0 aliphatic carbocycles. The molecule has 1 N–H and O–H groups in total. The quantitative estimate of drug-likeness (QED) is 0.865. The summed E-state index contributed by atoms with van der Waals surface area (Å²) in [5.41, 5.74) is 0.946. The number of rotatable bonds is 4. The lowest BCUT2D eigenvalue weighted by Crippen LogP contribution is -1.80. The van der Waals surface area contributed by atoms with Gasteiger partial charge in [0, 0.05) is 5.75 Å². The van der Waals surface area contributed by atoms with E-state index in [4.69, 9.17) is 16.6 Å². The molecule has 2 heterocycles. The zero-order valence-corrected chi connectivity index (χ0v) is 11.4. The van der Waals surface area contributed by atoms with Crippen molar-refractivity contribution in [2.75, 3.05) is 5.75 Å². The molecule has 0 unspecified atom stereocenters. The summed E-state index contributed by atoms with van der Waals surface area (Å²) in [6.45, 7) is 4.09. The Morgan fingerprint density at radius 1 is 1.56 bits per heavy atom. The Morgan fingerprint density at radius 2 is 2.38 bits per heavy atom. The van der Waals surface area contributed by atoms with Gasteiger partial charge in [0.15, 0.2) is 0 Å². The van der Waals surface area contributed by atoms with Crippen LogP contribution in [-0.4, -0.2) is 20.9 Å². The minimum absolute atomic E-state index is 0.298. The molecule has 4 nitrogen and oxygen atoms in total. The first-order chi connectivity index (χ1) is 7.70. The summed E-state index contributed by atoms with van der Waals surface area (Å²) >= 11 is 8.31. The van der Waals surface area contributed by atoms with E-state index >= 15 is 0 Å². The first kappa shape index (κ1) is 11.8. The Bertz CT molecular complexity index is 528. The van der Waals surface area contributed by atoms with Gasteiger partial charge >= 0.3 is 0 Å². The molecule has 0 radical (unpaired) electrons. The van der Waals surface area contributed by atoms with Crippen LogP contribution in [0.2, 0.25) is 0 Å². The van der Waals surface area contributed by atoms with E-state index in [2.05, 4.69) is 22.1 Å². The molecule has 86 valence electrons. The van der Waals surface area contributed by atoms with Gasteiger partial charge in [-0.3, -0.25) is 0 Å². The topological polar surface area (TPSA) is 54.7 Å². The smallest absolute Gasteiger partial charge is 0.284 e. The Kier molecular flexibility index (Phi) is 3.78. The molecule has 0 saturated carbocycles. The molecule has 7 heteroatoms. The third-order valence-corrected chi connectivity index (χ3v) is 4.29. The van der Waals surface area contributed by atoms with Crippen LogP contribution in [0.5, 0.6) is 0 Å². The van der Waals surface area contributed by atoms with Crippen LogP contribution in [-0.2, 0) is 5.75 Å². The van der Waals surface area contributed by atoms with Crippen molar-refractivity contribution in [2.45, 2.75) is 19.6 Å². The van der Waals surface area contributed by atoms with Crippen LogP contribution in [0.1, 0.15) is 17.6 Å². The lowest BCUT2D eigenvalue weighted by atomic mass is 10.4. The zero-order valence-electron chi connectivity index (χ0n) is 8.94. The molecule has 2 rings (SSSR count). The van der Waals surface area contributed by atoms with Crippen molar-refractivity contribution in [3.8, 4) is 10.8 Å². The van der Waals surface area contributed by atoms with Gasteiger partial charge in [-0.1, -0.05) is 6.92 Å². The standard InChI is InChI=1S/C9H11N3OS3/c1-3-15-4-6-10-5(2)7(16-6)8-11-12-9(14)13-8/h3-4H2,1-2H3,(H,12,14).